The molecule has 148 valence electrons. The second-order valence-corrected chi connectivity index (χ2v) is 7.61. The van der Waals surface area contributed by atoms with E-state index in [0.29, 0.717) is 18.7 Å². The zero-order chi connectivity index (χ0) is 19.8. The molecule has 0 spiro atoms. The van der Waals surface area contributed by atoms with Gasteiger partial charge in [0.1, 0.15) is 0 Å². The number of anilines is 1. The van der Waals surface area contributed by atoms with E-state index in [0.717, 1.165) is 42.7 Å². The molecule has 0 aliphatic carbocycles. The van der Waals surface area contributed by atoms with Crippen molar-refractivity contribution in [1.29, 1.82) is 0 Å². The van der Waals surface area contributed by atoms with Crippen molar-refractivity contribution in [2.24, 2.45) is 0 Å². The number of rotatable bonds is 4. The second-order valence-electron chi connectivity index (χ2n) is 7.61. The number of fused-ring (bicyclic) bond motifs is 1. The Balaban J connectivity index is 1.33. The minimum Gasteiger partial charge on any atom is -0.336 e. The fourth-order valence-electron chi connectivity index (χ4n) is 4.34. The van der Waals surface area contributed by atoms with Gasteiger partial charge in [-0.3, -0.25) is 9.69 Å². The van der Waals surface area contributed by atoms with Crippen LogP contribution in [0.1, 0.15) is 23.2 Å². The summed E-state index contributed by atoms with van der Waals surface area (Å²) in [6, 6.07) is 15.5. The molecule has 1 aromatic heterocycles. The van der Waals surface area contributed by atoms with Gasteiger partial charge in [0.2, 0.25) is 0 Å². The zero-order valence-electron chi connectivity index (χ0n) is 16.1. The molecule has 0 bridgehead atoms. The Morgan fingerprint density at radius 3 is 2.72 bits per heavy atom. The number of para-hydroxylation sites is 2. The first-order chi connectivity index (χ1) is 14.2. The van der Waals surface area contributed by atoms with E-state index >= 15 is 0 Å². The van der Waals surface area contributed by atoms with Crippen molar-refractivity contribution < 1.29 is 9.59 Å². The van der Waals surface area contributed by atoms with E-state index < -0.39 is 0 Å². The third kappa shape index (κ3) is 3.22. The number of hydrogen-bond donors (Lipinski definition) is 1. The lowest BCUT2D eigenvalue weighted by Crippen LogP contribution is -2.38. The summed E-state index contributed by atoms with van der Waals surface area (Å²) in [7, 11) is 0. The number of imidazole rings is 1. The molecule has 5 rings (SSSR count). The zero-order valence-corrected chi connectivity index (χ0v) is 16.1. The van der Waals surface area contributed by atoms with Crippen LogP contribution < -0.4 is 10.2 Å². The van der Waals surface area contributed by atoms with Crippen LogP contribution >= 0.6 is 0 Å². The third-order valence-electron chi connectivity index (χ3n) is 5.86. The predicted molar refractivity (Wildman–Crippen MR) is 111 cm³/mol. The number of nitrogens with one attached hydrogen (secondary N) is 1. The molecule has 1 atom stereocenters. The summed E-state index contributed by atoms with van der Waals surface area (Å²) in [5.74, 6) is 0.0503. The maximum absolute atomic E-state index is 13.2. The quantitative estimate of drug-likeness (QED) is 0.746. The molecule has 2 aliphatic heterocycles. The highest BCUT2D eigenvalue weighted by Crippen LogP contribution is 2.25. The van der Waals surface area contributed by atoms with Gasteiger partial charge in [0, 0.05) is 37.4 Å². The minimum atomic E-state index is -0.0868. The molecule has 3 amide bonds. The van der Waals surface area contributed by atoms with Crippen LogP contribution in [0.5, 0.6) is 0 Å². The summed E-state index contributed by atoms with van der Waals surface area (Å²) in [6.07, 6.45) is 3.86. The van der Waals surface area contributed by atoms with E-state index in [-0.39, 0.29) is 18.0 Å². The maximum atomic E-state index is 13.2. The molecule has 2 aromatic carbocycles. The molecule has 29 heavy (non-hydrogen) atoms. The highest BCUT2D eigenvalue weighted by atomic mass is 16.2. The van der Waals surface area contributed by atoms with Crippen molar-refractivity contribution in [3.63, 3.8) is 0 Å². The Kier molecular flexibility index (Phi) is 4.42. The van der Waals surface area contributed by atoms with Gasteiger partial charge < -0.3 is 14.8 Å². The first-order valence-corrected chi connectivity index (χ1v) is 10.1. The van der Waals surface area contributed by atoms with Gasteiger partial charge in [0.15, 0.2) is 0 Å². The summed E-state index contributed by atoms with van der Waals surface area (Å²) in [5.41, 5.74) is 3.56. The summed E-state index contributed by atoms with van der Waals surface area (Å²) in [6.45, 7) is 2.82. The predicted octanol–water partition coefficient (Wildman–Crippen LogP) is 2.87. The van der Waals surface area contributed by atoms with Crippen LogP contribution in [-0.2, 0) is 6.54 Å². The number of carbonyl (C=O) groups excluding carboxylic acids is 2. The lowest BCUT2D eigenvalue weighted by molar-refractivity contribution is 0.0725. The van der Waals surface area contributed by atoms with Crippen LogP contribution in [-0.4, -0.2) is 52.1 Å². The smallest absolute Gasteiger partial charge is 0.321 e. The van der Waals surface area contributed by atoms with Crippen LogP contribution in [0.25, 0.3) is 11.0 Å². The molecule has 7 nitrogen and oxygen atoms in total. The van der Waals surface area contributed by atoms with Gasteiger partial charge in [-0.1, -0.05) is 12.1 Å². The first kappa shape index (κ1) is 17.7. The minimum absolute atomic E-state index is 0.0503. The molecule has 2 saturated heterocycles. The van der Waals surface area contributed by atoms with Gasteiger partial charge in [0.25, 0.3) is 5.91 Å². The highest BCUT2D eigenvalue weighted by molar-refractivity contribution is 5.97. The van der Waals surface area contributed by atoms with Crippen molar-refractivity contribution in [3.05, 3.63) is 60.4 Å². The van der Waals surface area contributed by atoms with Gasteiger partial charge in [0.05, 0.1) is 23.4 Å². The highest BCUT2D eigenvalue weighted by Gasteiger charge is 2.30. The molecule has 7 heteroatoms. The van der Waals surface area contributed by atoms with Crippen molar-refractivity contribution in [2.45, 2.75) is 25.4 Å². The molecule has 1 N–H and O–H groups in total. The van der Waals surface area contributed by atoms with Crippen molar-refractivity contribution >= 4 is 28.7 Å². The Morgan fingerprint density at radius 2 is 1.93 bits per heavy atom. The van der Waals surface area contributed by atoms with E-state index in [1.54, 1.807) is 4.90 Å². The fraction of sp³-hybridized carbons (Fsp3) is 0.318. The van der Waals surface area contributed by atoms with Gasteiger partial charge in [-0.15, -0.1) is 0 Å². The third-order valence-corrected chi connectivity index (χ3v) is 5.86. The number of aromatic nitrogens is 2. The van der Waals surface area contributed by atoms with Gasteiger partial charge >= 0.3 is 6.03 Å². The molecular formula is C22H23N5O2. The van der Waals surface area contributed by atoms with Crippen molar-refractivity contribution in [2.75, 3.05) is 24.5 Å². The van der Waals surface area contributed by atoms with Crippen molar-refractivity contribution in [3.8, 4) is 0 Å². The summed E-state index contributed by atoms with van der Waals surface area (Å²) >= 11 is 0. The maximum Gasteiger partial charge on any atom is 0.321 e. The Bertz CT molecular complexity index is 1060. The number of urea groups is 1. The number of amides is 3. The van der Waals surface area contributed by atoms with Crippen LogP contribution in [0.2, 0.25) is 0 Å². The van der Waals surface area contributed by atoms with Crippen LogP contribution in [0.15, 0.2) is 54.9 Å². The molecule has 2 fully saturated rings. The lowest BCUT2D eigenvalue weighted by Gasteiger charge is -2.25. The van der Waals surface area contributed by atoms with Crippen LogP contribution in [0.3, 0.4) is 0 Å². The fourth-order valence-corrected chi connectivity index (χ4v) is 4.34. The molecule has 2 aliphatic rings. The average molecular weight is 389 g/mol. The van der Waals surface area contributed by atoms with E-state index in [4.69, 9.17) is 0 Å². The first-order valence-electron chi connectivity index (χ1n) is 10.1. The van der Waals surface area contributed by atoms with Gasteiger partial charge in [-0.25, -0.2) is 9.78 Å². The second kappa shape index (κ2) is 7.24. The topological polar surface area (TPSA) is 70.5 Å². The lowest BCUT2D eigenvalue weighted by atomic mass is 10.1. The normalized spacial score (nSPS) is 19.2. The number of carbonyl (C=O) groups is 2. The average Bonchev–Trinajstić information content (AvgIpc) is 3.49. The van der Waals surface area contributed by atoms with Gasteiger partial charge in [-0.05, 0) is 49.2 Å². The van der Waals surface area contributed by atoms with E-state index in [9.17, 15) is 9.59 Å². The van der Waals surface area contributed by atoms with E-state index in [2.05, 4.69) is 20.9 Å². The van der Waals surface area contributed by atoms with Crippen LogP contribution in [0.4, 0.5) is 10.5 Å². The Morgan fingerprint density at radius 1 is 1.10 bits per heavy atom. The van der Waals surface area contributed by atoms with Crippen molar-refractivity contribution in [1.82, 2.24) is 19.8 Å². The monoisotopic (exact) mass is 389 g/mol. The standard InChI is InChI=1S/C22H23N5O2/c28-21(16-7-9-17(10-8-16)27-13-11-23-22(27)29)26-12-3-4-18(26)14-25-15-24-19-5-1-2-6-20(19)25/h1-2,5-10,15,18H,3-4,11-14H2,(H,23,29). The number of hydrogen-bond acceptors (Lipinski definition) is 3. The molecule has 3 aromatic rings. The molecule has 1 unspecified atom stereocenters. The largest absolute Gasteiger partial charge is 0.336 e. The van der Waals surface area contributed by atoms with E-state index in [1.807, 2.05) is 53.7 Å². The summed E-state index contributed by atoms with van der Waals surface area (Å²) < 4.78 is 2.14. The number of benzene rings is 2. The Labute approximate surface area is 168 Å². The summed E-state index contributed by atoms with van der Waals surface area (Å²) in [5, 5.41) is 2.79. The number of nitrogens with zero attached hydrogens (tertiary/aromatic N) is 4. The summed E-state index contributed by atoms with van der Waals surface area (Å²) in [4.78, 5) is 33.1. The van der Waals surface area contributed by atoms with Gasteiger partial charge in [-0.2, -0.15) is 0 Å². The van der Waals surface area contributed by atoms with E-state index in [1.165, 1.54) is 0 Å². The molecular weight excluding hydrogens is 366 g/mol. The number of likely N-dealkylation sites (tertiary alicyclic amines) is 1. The molecule has 3 heterocycles. The molecule has 0 radical (unpaired) electrons. The SMILES string of the molecule is O=C1NCCN1c1ccc(C(=O)N2CCCC2Cn2cnc3ccccc32)cc1. The molecule has 0 saturated carbocycles. The Hall–Kier alpha value is -3.35. The van der Waals surface area contributed by atoms with Crippen LogP contribution in [0, 0.1) is 0 Å².